The zero-order chi connectivity index (χ0) is 25.1. The lowest BCUT2D eigenvalue weighted by Gasteiger charge is -2.08. The van der Waals surface area contributed by atoms with Crippen molar-refractivity contribution in [2.45, 2.75) is 116 Å². The Hall–Kier alpha value is -1.66. The molecular weight excluding hydrogens is 440 g/mol. The number of nitrogens with zero attached hydrogens (tertiary/aromatic N) is 1. The maximum atomic E-state index is 11.6. The van der Waals surface area contributed by atoms with Crippen molar-refractivity contribution in [2.24, 2.45) is 0 Å². The highest BCUT2D eigenvalue weighted by molar-refractivity contribution is 5.67. The van der Waals surface area contributed by atoms with Gasteiger partial charge >= 0.3 is 6.09 Å². The van der Waals surface area contributed by atoms with Gasteiger partial charge in [-0.2, -0.15) is 0 Å². The van der Waals surface area contributed by atoms with Crippen molar-refractivity contribution in [1.82, 2.24) is 10.3 Å². The Balaban J connectivity index is 1.69. The predicted octanol–water partition coefficient (Wildman–Crippen LogP) is 7.60. The Bertz CT molecular complexity index is 571. The van der Waals surface area contributed by atoms with E-state index in [9.17, 15) is 4.79 Å². The van der Waals surface area contributed by atoms with E-state index in [-0.39, 0.29) is 6.61 Å². The van der Waals surface area contributed by atoms with Crippen LogP contribution in [0.1, 0.15) is 115 Å². The molecule has 0 aromatic carbocycles. The van der Waals surface area contributed by atoms with Crippen LogP contribution >= 0.6 is 0 Å². The van der Waals surface area contributed by atoms with E-state index in [0.29, 0.717) is 26.4 Å². The minimum absolute atomic E-state index is 0.229. The second kappa shape index (κ2) is 25.4. The summed E-state index contributed by atoms with van der Waals surface area (Å²) in [6.45, 7) is 5.15. The summed E-state index contributed by atoms with van der Waals surface area (Å²) < 4.78 is 16.1. The molecule has 0 aliphatic heterocycles. The van der Waals surface area contributed by atoms with Gasteiger partial charge in [0.15, 0.2) is 0 Å². The van der Waals surface area contributed by atoms with Crippen molar-refractivity contribution in [2.75, 3.05) is 33.0 Å². The molecule has 0 aliphatic carbocycles. The molecule has 0 fully saturated rings. The van der Waals surface area contributed by atoms with Crippen LogP contribution < -0.4 is 5.32 Å². The maximum Gasteiger partial charge on any atom is 0.407 e. The van der Waals surface area contributed by atoms with E-state index in [4.69, 9.17) is 14.2 Å². The number of unbranched alkanes of at least 4 members (excludes halogenated alkanes) is 15. The third-order valence-electron chi connectivity index (χ3n) is 6.12. The molecule has 1 aromatic heterocycles. The van der Waals surface area contributed by atoms with Gasteiger partial charge in [0, 0.05) is 12.8 Å². The average molecular weight is 493 g/mol. The van der Waals surface area contributed by atoms with Crippen LogP contribution in [0.4, 0.5) is 4.79 Å². The second-order valence-electron chi connectivity index (χ2n) is 9.34. The number of carbonyl (C=O) groups is 1. The Kier molecular flexibility index (Phi) is 22.8. The van der Waals surface area contributed by atoms with Crippen LogP contribution in [0.2, 0.25) is 0 Å². The highest BCUT2D eigenvalue weighted by Gasteiger charge is 2.02. The average Bonchev–Trinajstić information content (AvgIpc) is 2.88. The molecule has 6 nitrogen and oxygen atoms in total. The summed E-state index contributed by atoms with van der Waals surface area (Å²) in [7, 11) is 0. The van der Waals surface area contributed by atoms with E-state index in [1.807, 2.05) is 18.2 Å². The summed E-state index contributed by atoms with van der Waals surface area (Å²) >= 11 is 0. The first kappa shape index (κ1) is 31.4. The van der Waals surface area contributed by atoms with Gasteiger partial charge in [0.2, 0.25) is 0 Å². The van der Waals surface area contributed by atoms with Crippen molar-refractivity contribution >= 4 is 6.09 Å². The molecule has 1 rings (SSSR count). The molecule has 1 N–H and O–H groups in total. The predicted molar refractivity (Wildman–Crippen MR) is 144 cm³/mol. The normalized spacial score (nSPS) is 11.0. The Morgan fingerprint density at radius 3 is 1.74 bits per heavy atom. The molecule has 1 heterocycles. The summed E-state index contributed by atoms with van der Waals surface area (Å²) in [6.07, 6.45) is 23.3. The number of hydrogen-bond acceptors (Lipinski definition) is 5. The van der Waals surface area contributed by atoms with Crippen LogP contribution in [0.5, 0.6) is 0 Å². The third kappa shape index (κ3) is 22.5. The van der Waals surface area contributed by atoms with Gasteiger partial charge in [-0.1, -0.05) is 109 Å². The van der Waals surface area contributed by atoms with Crippen molar-refractivity contribution in [3.8, 4) is 0 Å². The molecule has 0 saturated heterocycles. The summed E-state index contributed by atoms with van der Waals surface area (Å²) in [5, 5.41) is 2.66. The molecule has 0 atom stereocenters. The zero-order valence-corrected chi connectivity index (χ0v) is 22.4. The van der Waals surface area contributed by atoms with Gasteiger partial charge in [-0.25, -0.2) is 4.79 Å². The number of hydrogen-bond donors (Lipinski definition) is 1. The quantitative estimate of drug-likeness (QED) is 0.142. The summed E-state index contributed by atoms with van der Waals surface area (Å²) in [5.41, 5.74) is 0.794. The Labute approximate surface area is 214 Å². The molecule has 0 bridgehead atoms. The number of rotatable bonds is 25. The molecule has 0 spiro atoms. The van der Waals surface area contributed by atoms with E-state index < -0.39 is 6.09 Å². The largest absolute Gasteiger partial charge is 0.447 e. The minimum atomic E-state index is -0.459. The van der Waals surface area contributed by atoms with Gasteiger partial charge in [0.1, 0.15) is 6.61 Å². The minimum Gasteiger partial charge on any atom is -0.447 e. The van der Waals surface area contributed by atoms with Gasteiger partial charge in [-0.05, 0) is 18.6 Å². The van der Waals surface area contributed by atoms with E-state index >= 15 is 0 Å². The first-order valence-corrected chi connectivity index (χ1v) is 14.3. The summed E-state index contributed by atoms with van der Waals surface area (Å²) in [6, 6.07) is 5.57. The number of nitrogens with one attached hydrogen (secondary N) is 1. The lowest BCUT2D eigenvalue weighted by Crippen LogP contribution is -2.25. The smallest absolute Gasteiger partial charge is 0.407 e. The first-order chi connectivity index (χ1) is 17.3. The number of ether oxygens (including phenoxy) is 3. The van der Waals surface area contributed by atoms with Gasteiger partial charge in [-0.15, -0.1) is 0 Å². The monoisotopic (exact) mass is 492 g/mol. The van der Waals surface area contributed by atoms with Crippen molar-refractivity contribution in [1.29, 1.82) is 0 Å². The highest BCUT2D eigenvalue weighted by Crippen LogP contribution is 2.13. The fraction of sp³-hybridized carbons (Fsp3) is 0.793. The number of amides is 1. The fourth-order valence-electron chi connectivity index (χ4n) is 3.98. The second-order valence-corrected chi connectivity index (χ2v) is 9.34. The van der Waals surface area contributed by atoms with E-state index in [2.05, 4.69) is 17.2 Å². The number of aromatic nitrogens is 1. The zero-order valence-electron chi connectivity index (χ0n) is 22.4. The molecule has 1 aromatic rings. The fourth-order valence-corrected chi connectivity index (χ4v) is 3.98. The third-order valence-corrected chi connectivity index (χ3v) is 6.12. The van der Waals surface area contributed by atoms with Gasteiger partial charge in [0.25, 0.3) is 0 Å². The first-order valence-electron chi connectivity index (χ1n) is 14.3. The summed E-state index contributed by atoms with van der Waals surface area (Å²) in [5.74, 6) is 0. The molecule has 6 heteroatoms. The van der Waals surface area contributed by atoms with Crippen molar-refractivity contribution in [3.05, 3.63) is 30.1 Å². The highest BCUT2D eigenvalue weighted by atomic mass is 16.6. The van der Waals surface area contributed by atoms with Crippen molar-refractivity contribution < 1.29 is 19.0 Å². The molecule has 0 aliphatic rings. The van der Waals surface area contributed by atoms with Crippen LogP contribution in [-0.4, -0.2) is 44.1 Å². The molecule has 1 amide bonds. The molecule has 35 heavy (non-hydrogen) atoms. The van der Waals surface area contributed by atoms with Gasteiger partial charge in [0.05, 0.1) is 32.1 Å². The van der Waals surface area contributed by atoms with E-state index in [0.717, 1.165) is 18.7 Å². The van der Waals surface area contributed by atoms with Crippen LogP contribution in [-0.2, 0) is 20.8 Å². The Morgan fingerprint density at radius 2 is 1.20 bits per heavy atom. The SMILES string of the molecule is CCCCCCCCCCCCCCCCCCOCCOCCOC(=O)NCc1ccccn1. The molecular formula is C29H52N2O4. The van der Waals surface area contributed by atoms with E-state index in [1.54, 1.807) is 6.20 Å². The standard InChI is InChI=1S/C29H52N2O4/c1-2-3-4-5-6-7-8-9-10-11-12-13-14-15-16-19-22-33-23-24-34-25-26-35-29(32)31-27-28-20-17-18-21-30-28/h17-18,20-21H,2-16,19,22-27H2,1H3,(H,31,32). The number of alkyl carbamates (subject to hydrolysis) is 1. The van der Waals surface area contributed by atoms with Crippen LogP contribution in [0.3, 0.4) is 0 Å². The molecule has 202 valence electrons. The van der Waals surface area contributed by atoms with Crippen LogP contribution in [0, 0.1) is 0 Å². The van der Waals surface area contributed by atoms with Crippen LogP contribution in [0.25, 0.3) is 0 Å². The van der Waals surface area contributed by atoms with E-state index in [1.165, 1.54) is 96.3 Å². The number of pyridine rings is 1. The Morgan fingerprint density at radius 1 is 0.686 bits per heavy atom. The maximum absolute atomic E-state index is 11.6. The molecule has 0 saturated carbocycles. The van der Waals surface area contributed by atoms with Gasteiger partial charge in [-0.3, -0.25) is 4.98 Å². The lowest BCUT2D eigenvalue weighted by molar-refractivity contribution is 0.0271. The lowest BCUT2D eigenvalue weighted by atomic mass is 10.0. The molecule has 0 unspecified atom stereocenters. The van der Waals surface area contributed by atoms with Gasteiger partial charge < -0.3 is 19.5 Å². The summed E-state index contributed by atoms with van der Waals surface area (Å²) in [4.78, 5) is 15.7. The van der Waals surface area contributed by atoms with Crippen molar-refractivity contribution in [3.63, 3.8) is 0 Å². The molecule has 0 radical (unpaired) electrons. The van der Waals surface area contributed by atoms with Crippen LogP contribution in [0.15, 0.2) is 24.4 Å². The topological polar surface area (TPSA) is 69.7 Å². The number of carbonyl (C=O) groups excluding carboxylic acids is 1.